The summed E-state index contributed by atoms with van der Waals surface area (Å²) in [6.07, 6.45) is 1.75. The first-order valence-corrected chi connectivity index (χ1v) is 10.9. The molecule has 3 heterocycles. The molecule has 10 heteroatoms. The maximum Gasteiger partial charge on any atom is 0.320 e. The van der Waals surface area contributed by atoms with E-state index in [-0.39, 0.29) is 37.2 Å². The van der Waals surface area contributed by atoms with E-state index in [0.29, 0.717) is 37.7 Å². The van der Waals surface area contributed by atoms with Gasteiger partial charge in [-0.1, -0.05) is 37.6 Å². The molecule has 0 aliphatic carbocycles. The molecule has 3 N–H and O–H groups in total. The predicted octanol–water partition coefficient (Wildman–Crippen LogP) is 3.04. The van der Waals surface area contributed by atoms with Crippen molar-refractivity contribution in [1.82, 2.24) is 14.9 Å². The predicted molar refractivity (Wildman–Crippen MR) is 118 cm³/mol. The van der Waals surface area contributed by atoms with Gasteiger partial charge in [-0.2, -0.15) is 9.97 Å². The number of anilines is 3. The van der Waals surface area contributed by atoms with E-state index in [2.05, 4.69) is 22.2 Å². The van der Waals surface area contributed by atoms with Gasteiger partial charge in [-0.05, 0) is 17.5 Å². The number of nitrogens with one attached hydrogen (secondary N) is 1. The number of ether oxygens (including phenoxy) is 1. The number of nitrogens with two attached hydrogens (primary N) is 1. The minimum Gasteiger partial charge on any atom is -0.463 e. The highest BCUT2D eigenvalue weighted by atomic mass is 19.3. The van der Waals surface area contributed by atoms with Gasteiger partial charge in [-0.15, -0.1) is 0 Å². The van der Waals surface area contributed by atoms with Crippen LogP contribution < -0.4 is 20.7 Å². The highest BCUT2D eigenvalue weighted by molar-refractivity contribution is 6.03. The molecule has 1 aromatic heterocycles. The van der Waals surface area contributed by atoms with Crippen LogP contribution in [0.3, 0.4) is 0 Å². The summed E-state index contributed by atoms with van der Waals surface area (Å²) < 4.78 is 32.6. The number of benzene rings is 1. The molecule has 4 rings (SSSR count). The summed E-state index contributed by atoms with van der Waals surface area (Å²) in [5.41, 5.74) is 8.33. The van der Waals surface area contributed by atoms with Gasteiger partial charge < -0.3 is 20.7 Å². The summed E-state index contributed by atoms with van der Waals surface area (Å²) in [5, 5.41) is 2.74. The topological polar surface area (TPSA) is 96.6 Å². The van der Waals surface area contributed by atoms with E-state index in [4.69, 9.17) is 10.5 Å². The third-order valence-electron chi connectivity index (χ3n) is 5.54. The number of hydrogen-bond donors (Lipinski definition) is 2. The minimum atomic E-state index is -2.61. The number of fused-ring (bicyclic) bond motifs is 1. The van der Waals surface area contributed by atoms with Crippen LogP contribution in [0.2, 0.25) is 0 Å². The Hall–Kier alpha value is -3.01. The Kier molecular flexibility index (Phi) is 6.40. The number of aromatic nitrogens is 2. The maximum absolute atomic E-state index is 13.5. The van der Waals surface area contributed by atoms with Gasteiger partial charge in [0.15, 0.2) is 11.6 Å². The lowest BCUT2D eigenvalue weighted by Crippen LogP contribution is -2.39. The van der Waals surface area contributed by atoms with Gasteiger partial charge in [0.05, 0.1) is 19.7 Å². The molecule has 32 heavy (non-hydrogen) atoms. The number of amides is 1. The van der Waals surface area contributed by atoms with Gasteiger partial charge in [-0.3, -0.25) is 9.69 Å². The second-order valence-electron chi connectivity index (χ2n) is 8.33. The number of likely N-dealkylation sites (tertiary alicyclic amines) is 1. The van der Waals surface area contributed by atoms with Gasteiger partial charge in [0.2, 0.25) is 5.91 Å². The van der Waals surface area contributed by atoms with Crippen LogP contribution in [0.15, 0.2) is 24.3 Å². The number of halogens is 2. The molecule has 2 aromatic rings. The Balaban J connectivity index is 1.52. The fourth-order valence-electron chi connectivity index (χ4n) is 3.97. The summed E-state index contributed by atoms with van der Waals surface area (Å²) >= 11 is 0. The van der Waals surface area contributed by atoms with E-state index in [1.165, 1.54) is 0 Å². The van der Waals surface area contributed by atoms with E-state index in [9.17, 15) is 13.6 Å². The number of rotatable bonds is 8. The van der Waals surface area contributed by atoms with Crippen LogP contribution in [0.5, 0.6) is 6.01 Å². The van der Waals surface area contributed by atoms with Crippen molar-refractivity contribution in [1.29, 1.82) is 0 Å². The van der Waals surface area contributed by atoms with E-state index >= 15 is 0 Å². The number of nitrogen functional groups attached to an aromatic ring is 1. The maximum atomic E-state index is 13.5. The Morgan fingerprint density at radius 2 is 2.03 bits per heavy atom. The van der Waals surface area contributed by atoms with E-state index in [1.807, 2.05) is 29.2 Å². The number of carbonyl (C=O) groups is 1. The summed E-state index contributed by atoms with van der Waals surface area (Å²) in [7, 11) is 0. The summed E-state index contributed by atoms with van der Waals surface area (Å²) in [5.74, 6) is -2.15. The molecular weight excluding hydrogens is 418 g/mol. The van der Waals surface area contributed by atoms with Crippen molar-refractivity contribution in [2.45, 2.75) is 45.2 Å². The third-order valence-corrected chi connectivity index (χ3v) is 5.54. The first kappa shape index (κ1) is 22.2. The lowest BCUT2D eigenvalue weighted by molar-refractivity contribution is -0.115. The molecule has 172 valence electrons. The number of carbonyl (C=O) groups excluding carboxylic acids is 1. The molecular formula is C22H28F2N6O2. The molecule has 0 atom stereocenters. The van der Waals surface area contributed by atoms with Crippen molar-refractivity contribution in [3.8, 4) is 6.01 Å². The minimum absolute atomic E-state index is 0.101. The number of hydrogen-bond acceptors (Lipinski definition) is 7. The van der Waals surface area contributed by atoms with E-state index in [1.54, 1.807) is 4.90 Å². The molecule has 2 aliphatic heterocycles. The molecule has 0 spiro atoms. The Bertz CT molecular complexity index is 987. The van der Waals surface area contributed by atoms with Crippen molar-refractivity contribution in [3.63, 3.8) is 0 Å². The zero-order valence-electron chi connectivity index (χ0n) is 18.1. The lowest BCUT2D eigenvalue weighted by atomic mass is 10.1. The van der Waals surface area contributed by atoms with Crippen LogP contribution in [-0.2, 0) is 17.9 Å². The Morgan fingerprint density at radius 3 is 2.75 bits per heavy atom. The fourth-order valence-corrected chi connectivity index (χ4v) is 3.97. The second kappa shape index (κ2) is 9.23. The van der Waals surface area contributed by atoms with E-state index in [0.717, 1.165) is 24.0 Å². The van der Waals surface area contributed by atoms with Gasteiger partial charge in [0.25, 0.3) is 5.92 Å². The normalized spacial score (nSPS) is 17.8. The molecule has 0 bridgehead atoms. The van der Waals surface area contributed by atoms with Gasteiger partial charge in [-0.25, -0.2) is 8.78 Å². The zero-order valence-corrected chi connectivity index (χ0v) is 18.1. The van der Waals surface area contributed by atoms with Crippen LogP contribution in [0.25, 0.3) is 0 Å². The lowest BCUT2D eigenvalue weighted by Gasteiger charge is -2.30. The molecule has 0 radical (unpaired) electrons. The van der Waals surface area contributed by atoms with Crippen molar-refractivity contribution in [2.75, 3.05) is 42.2 Å². The van der Waals surface area contributed by atoms with Crippen LogP contribution in [0.1, 0.15) is 37.3 Å². The molecule has 1 saturated heterocycles. The van der Waals surface area contributed by atoms with Crippen LogP contribution in [-0.4, -0.2) is 52.9 Å². The van der Waals surface area contributed by atoms with Crippen LogP contribution in [0, 0.1) is 0 Å². The van der Waals surface area contributed by atoms with Crippen LogP contribution in [0.4, 0.5) is 26.1 Å². The van der Waals surface area contributed by atoms with Crippen molar-refractivity contribution in [3.05, 3.63) is 35.4 Å². The van der Waals surface area contributed by atoms with Gasteiger partial charge >= 0.3 is 6.01 Å². The van der Waals surface area contributed by atoms with E-state index < -0.39 is 5.92 Å². The molecule has 2 aliphatic rings. The quantitative estimate of drug-likeness (QED) is 0.602. The summed E-state index contributed by atoms with van der Waals surface area (Å²) in [6, 6.07) is 7.93. The average molecular weight is 447 g/mol. The number of nitrogens with zero attached hydrogens (tertiary/aromatic N) is 4. The third kappa shape index (κ3) is 5.24. The second-order valence-corrected chi connectivity index (χ2v) is 8.33. The Labute approximate surface area is 185 Å². The largest absolute Gasteiger partial charge is 0.463 e. The SMILES string of the molecule is CCCCOc1nc(N)c2c(n1)N(Cc1cccc(CN3CCC(F)(F)C3)c1)CC(=O)N2. The molecule has 0 unspecified atom stereocenters. The molecule has 8 nitrogen and oxygen atoms in total. The first-order chi connectivity index (χ1) is 15.3. The monoisotopic (exact) mass is 446 g/mol. The standard InChI is InChI=1S/C22H28F2N6O2/c1-2-3-9-32-21-27-19(25)18-20(28-21)30(13-17(31)26-18)12-16-6-4-5-15(10-16)11-29-8-7-22(23,24)14-29/h4-6,10H,2-3,7-9,11-14H2,1H3,(H,26,31)(H2,25,27,28). The average Bonchev–Trinajstić information content (AvgIpc) is 3.07. The zero-order chi connectivity index (χ0) is 22.7. The van der Waals surface area contributed by atoms with Gasteiger partial charge in [0, 0.05) is 26.1 Å². The van der Waals surface area contributed by atoms with Crippen molar-refractivity contribution >= 4 is 23.2 Å². The Morgan fingerprint density at radius 1 is 1.25 bits per heavy atom. The van der Waals surface area contributed by atoms with Crippen molar-refractivity contribution < 1.29 is 18.3 Å². The summed E-state index contributed by atoms with van der Waals surface area (Å²) in [4.78, 5) is 24.5. The highest BCUT2D eigenvalue weighted by Gasteiger charge is 2.37. The number of alkyl halides is 2. The molecule has 0 saturated carbocycles. The fraction of sp³-hybridized carbons (Fsp3) is 0.500. The number of unbranched alkanes of at least 4 members (excludes halogenated alkanes) is 1. The molecule has 1 amide bonds. The summed E-state index contributed by atoms with van der Waals surface area (Å²) in [6.45, 7) is 3.70. The van der Waals surface area contributed by atoms with Gasteiger partial charge in [0.1, 0.15) is 5.69 Å². The van der Waals surface area contributed by atoms with Crippen molar-refractivity contribution in [2.24, 2.45) is 0 Å². The first-order valence-electron chi connectivity index (χ1n) is 10.9. The van der Waals surface area contributed by atoms with Crippen LogP contribution >= 0.6 is 0 Å². The smallest absolute Gasteiger partial charge is 0.320 e. The molecule has 1 fully saturated rings. The highest BCUT2D eigenvalue weighted by Crippen LogP contribution is 2.34. The molecule has 1 aromatic carbocycles.